The molecule has 8 heteroatoms. The van der Waals surface area contributed by atoms with E-state index in [0.717, 1.165) is 18.4 Å². The van der Waals surface area contributed by atoms with Crippen molar-refractivity contribution in [3.8, 4) is 0 Å². The number of ether oxygens (including phenoxy) is 2. The third-order valence-electron chi connectivity index (χ3n) is 4.37. The van der Waals surface area contributed by atoms with Crippen molar-refractivity contribution in [2.45, 2.75) is 45.6 Å². The summed E-state index contributed by atoms with van der Waals surface area (Å²) in [7, 11) is 0. The van der Waals surface area contributed by atoms with Gasteiger partial charge in [-0.15, -0.1) is 0 Å². The molecule has 0 aliphatic carbocycles. The smallest absolute Gasteiger partial charge is 0.416 e. The van der Waals surface area contributed by atoms with E-state index in [2.05, 4.69) is 10.3 Å². The van der Waals surface area contributed by atoms with E-state index in [4.69, 9.17) is 9.47 Å². The summed E-state index contributed by atoms with van der Waals surface area (Å²) in [6.45, 7) is 6.12. The minimum absolute atomic E-state index is 0.0966. The second-order valence-electron chi connectivity index (χ2n) is 8.04. The number of hydrogen-bond donors (Lipinski definition) is 1. The molecule has 0 radical (unpaired) electrons. The van der Waals surface area contributed by atoms with Crippen molar-refractivity contribution in [3.63, 3.8) is 0 Å². The number of halogens is 1. The first-order valence-electron chi connectivity index (χ1n) is 9.90. The Kier molecular flexibility index (Phi) is 6.54. The predicted octanol–water partition coefficient (Wildman–Crippen LogP) is 4.70. The van der Waals surface area contributed by atoms with Gasteiger partial charge in [0.05, 0.1) is 6.61 Å². The normalized spacial score (nSPS) is 13.4. The number of rotatable bonds is 4. The van der Waals surface area contributed by atoms with Gasteiger partial charge in [-0.1, -0.05) is 12.1 Å². The largest absolute Gasteiger partial charge is 0.449 e. The average molecular weight is 415 g/mol. The Morgan fingerprint density at radius 3 is 2.77 bits per heavy atom. The molecule has 30 heavy (non-hydrogen) atoms. The van der Waals surface area contributed by atoms with Crippen LogP contribution < -0.4 is 10.2 Å². The van der Waals surface area contributed by atoms with Crippen LogP contribution >= 0.6 is 0 Å². The zero-order chi connectivity index (χ0) is 21.7. The van der Waals surface area contributed by atoms with Crippen LogP contribution in [0.3, 0.4) is 0 Å². The summed E-state index contributed by atoms with van der Waals surface area (Å²) in [6, 6.07) is 9.38. The molecule has 0 bridgehead atoms. The second-order valence-corrected chi connectivity index (χ2v) is 8.04. The van der Waals surface area contributed by atoms with E-state index < -0.39 is 23.6 Å². The number of pyridine rings is 1. The number of nitrogens with one attached hydrogen (secondary N) is 1. The van der Waals surface area contributed by atoms with Crippen LogP contribution in [0.25, 0.3) is 0 Å². The molecule has 0 spiro atoms. The van der Waals surface area contributed by atoms with Gasteiger partial charge in [-0.3, -0.25) is 10.2 Å². The van der Waals surface area contributed by atoms with Gasteiger partial charge in [0.2, 0.25) is 0 Å². The first-order valence-corrected chi connectivity index (χ1v) is 9.90. The third-order valence-corrected chi connectivity index (χ3v) is 4.37. The van der Waals surface area contributed by atoms with Crippen molar-refractivity contribution in [1.82, 2.24) is 4.98 Å². The molecule has 160 valence electrons. The molecule has 2 heterocycles. The first-order chi connectivity index (χ1) is 14.2. The third kappa shape index (κ3) is 5.92. The molecule has 1 N–H and O–H groups in total. The maximum absolute atomic E-state index is 13.2. The zero-order valence-electron chi connectivity index (χ0n) is 17.4. The summed E-state index contributed by atoms with van der Waals surface area (Å²) in [5.41, 5.74) is 1.41. The Morgan fingerprint density at radius 2 is 2.03 bits per heavy atom. The molecule has 1 aliphatic rings. The van der Waals surface area contributed by atoms with Crippen LogP contribution in [0.4, 0.5) is 25.5 Å². The van der Waals surface area contributed by atoms with Crippen LogP contribution in [0.15, 0.2) is 36.4 Å². The zero-order valence-corrected chi connectivity index (χ0v) is 17.4. The number of carbonyl (C=O) groups excluding carboxylic acids is 2. The van der Waals surface area contributed by atoms with Crippen LogP contribution in [0.5, 0.6) is 0 Å². The van der Waals surface area contributed by atoms with Crippen molar-refractivity contribution in [3.05, 3.63) is 53.5 Å². The summed E-state index contributed by atoms with van der Waals surface area (Å²) in [6.07, 6.45) is 0.977. The lowest BCUT2D eigenvalue weighted by Crippen LogP contribution is -2.40. The summed E-state index contributed by atoms with van der Waals surface area (Å²) < 4.78 is 23.8. The molecule has 3 rings (SSSR count). The van der Waals surface area contributed by atoms with Gasteiger partial charge in [0.1, 0.15) is 17.2 Å². The van der Waals surface area contributed by atoms with Crippen LogP contribution in [-0.2, 0) is 22.3 Å². The van der Waals surface area contributed by atoms with Gasteiger partial charge in [0.25, 0.3) is 0 Å². The van der Waals surface area contributed by atoms with Crippen molar-refractivity contribution in [2.75, 3.05) is 23.4 Å². The number of nitrogens with zero attached hydrogens (tertiary/aromatic N) is 2. The number of aromatic nitrogens is 1. The summed E-state index contributed by atoms with van der Waals surface area (Å²) >= 11 is 0. The lowest BCUT2D eigenvalue weighted by molar-refractivity contribution is 0.0576. The molecule has 2 amide bonds. The Hall–Kier alpha value is -3.16. The monoisotopic (exact) mass is 415 g/mol. The van der Waals surface area contributed by atoms with Crippen LogP contribution in [0, 0.1) is 5.82 Å². The summed E-state index contributed by atoms with van der Waals surface area (Å²) in [5.74, 6) is 0.151. The molecule has 0 unspecified atom stereocenters. The maximum Gasteiger partial charge on any atom is 0.416 e. The van der Waals surface area contributed by atoms with Gasteiger partial charge in [-0.25, -0.2) is 19.0 Å². The van der Waals surface area contributed by atoms with Gasteiger partial charge in [-0.2, -0.15) is 0 Å². The maximum atomic E-state index is 13.2. The molecule has 0 atom stereocenters. The van der Waals surface area contributed by atoms with Crippen molar-refractivity contribution in [1.29, 1.82) is 0 Å². The fourth-order valence-electron chi connectivity index (χ4n) is 3.08. The molecule has 1 aromatic carbocycles. The van der Waals surface area contributed by atoms with Gasteiger partial charge in [0, 0.05) is 24.3 Å². The van der Waals surface area contributed by atoms with E-state index in [1.807, 2.05) is 32.9 Å². The minimum atomic E-state index is -0.672. The summed E-state index contributed by atoms with van der Waals surface area (Å²) in [5, 5.41) is 2.47. The molecule has 0 saturated heterocycles. The average Bonchev–Trinajstić information content (AvgIpc) is 2.66. The quantitative estimate of drug-likeness (QED) is 0.783. The highest BCUT2D eigenvalue weighted by Gasteiger charge is 2.28. The van der Waals surface area contributed by atoms with Gasteiger partial charge in [0.15, 0.2) is 0 Å². The van der Waals surface area contributed by atoms with E-state index in [1.165, 1.54) is 18.2 Å². The van der Waals surface area contributed by atoms with E-state index in [0.29, 0.717) is 30.2 Å². The molecule has 7 nitrogen and oxygen atoms in total. The Bertz CT molecular complexity index is 927. The highest BCUT2D eigenvalue weighted by atomic mass is 19.1. The molecule has 1 aromatic heterocycles. The topological polar surface area (TPSA) is 80.8 Å². The summed E-state index contributed by atoms with van der Waals surface area (Å²) in [4.78, 5) is 30.6. The van der Waals surface area contributed by atoms with Gasteiger partial charge >= 0.3 is 12.2 Å². The number of benzene rings is 1. The number of fused-ring (bicyclic) bond motifs is 1. The van der Waals surface area contributed by atoms with E-state index >= 15 is 0 Å². The minimum Gasteiger partial charge on any atom is -0.449 e. The molecular formula is C22H26FN3O4. The number of anilines is 2. The Morgan fingerprint density at radius 1 is 1.23 bits per heavy atom. The van der Waals surface area contributed by atoms with Gasteiger partial charge < -0.3 is 9.47 Å². The Balaban J connectivity index is 1.59. The highest BCUT2D eigenvalue weighted by Crippen LogP contribution is 2.27. The van der Waals surface area contributed by atoms with E-state index in [9.17, 15) is 14.0 Å². The van der Waals surface area contributed by atoms with Crippen molar-refractivity contribution >= 4 is 23.7 Å². The standard InChI is InChI=1S/C22H26FN3O4/c1-22(2,3)30-21(28)26-12-5-6-15-9-10-17(24-19(15)26)11-13-29-20(27)25-18-8-4-7-16(23)14-18/h4,7-10,14H,5-6,11-13H2,1-3H3,(H,25,27). The lowest BCUT2D eigenvalue weighted by atomic mass is 10.1. The molecule has 2 aromatic rings. The number of aryl methyl sites for hydroxylation is 1. The van der Waals surface area contributed by atoms with E-state index in [-0.39, 0.29) is 6.61 Å². The fraction of sp³-hybridized carbons (Fsp3) is 0.409. The number of hydrogen-bond acceptors (Lipinski definition) is 5. The van der Waals surface area contributed by atoms with Crippen LogP contribution in [0.2, 0.25) is 0 Å². The first kappa shape index (κ1) is 21.5. The molecule has 1 aliphatic heterocycles. The van der Waals surface area contributed by atoms with Crippen molar-refractivity contribution in [2.24, 2.45) is 0 Å². The fourth-order valence-corrected chi connectivity index (χ4v) is 3.08. The van der Waals surface area contributed by atoms with Gasteiger partial charge in [-0.05, 0) is 63.4 Å². The van der Waals surface area contributed by atoms with Crippen LogP contribution in [-0.4, -0.2) is 35.9 Å². The number of amides is 2. The van der Waals surface area contributed by atoms with E-state index in [1.54, 1.807) is 11.0 Å². The Labute approximate surface area is 175 Å². The highest BCUT2D eigenvalue weighted by molar-refractivity contribution is 5.88. The van der Waals surface area contributed by atoms with Crippen molar-refractivity contribution < 1.29 is 23.5 Å². The molecular weight excluding hydrogens is 389 g/mol. The molecule has 0 saturated carbocycles. The molecule has 0 fully saturated rings. The van der Waals surface area contributed by atoms with Crippen LogP contribution in [0.1, 0.15) is 38.4 Å². The SMILES string of the molecule is CC(C)(C)OC(=O)N1CCCc2ccc(CCOC(=O)Nc3cccc(F)c3)nc21. The number of carbonyl (C=O) groups is 2. The lowest BCUT2D eigenvalue weighted by Gasteiger charge is -2.31. The second kappa shape index (κ2) is 9.11. The predicted molar refractivity (Wildman–Crippen MR) is 111 cm³/mol.